The Labute approximate surface area is 98.3 Å². The van der Waals surface area contributed by atoms with Crippen molar-refractivity contribution in [3.8, 4) is 11.4 Å². The van der Waals surface area contributed by atoms with Crippen LogP contribution in [0.5, 0.6) is 0 Å². The van der Waals surface area contributed by atoms with Crippen LogP contribution in [0.3, 0.4) is 0 Å². The molecular weight excluding hydrogens is 219 g/mol. The van der Waals surface area contributed by atoms with Crippen molar-refractivity contribution in [3.05, 3.63) is 51.7 Å². The van der Waals surface area contributed by atoms with Crippen LogP contribution < -0.4 is 5.56 Å². The van der Waals surface area contributed by atoms with Crippen molar-refractivity contribution < 1.29 is 4.39 Å². The Hall–Kier alpha value is -1.97. The summed E-state index contributed by atoms with van der Waals surface area (Å²) in [5, 5.41) is 0. The van der Waals surface area contributed by atoms with E-state index in [-0.39, 0.29) is 11.4 Å². The molecule has 0 bridgehead atoms. The number of aryl methyl sites for hydroxylation is 1. The highest BCUT2D eigenvalue weighted by atomic mass is 19.1. The van der Waals surface area contributed by atoms with Gasteiger partial charge in [0.2, 0.25) is 0 Å². The SMILES string of the molecule is CCc1nc(-c2cccc(F)c2)[nH]c(=O)c1C. The van der Waals surface area contributed by atoms with Crippen LogP contribution in [0.4, 0.5) is 4.39 Å². The van der Waals surface area contributed by atoms with Gasteiger partial charge in [0.1, 0.15) is 11.6 Å². The number of H-pyrrole nitrogens is 1. The number of halogens is 1. The second-order valence-corrected chi connectivity index (χ2v) is 3.85. The van der Waals surface area contributed by atoms with Gasteiger partial charge in [-0.2, -0.15) is 0 Å². The summed E-state index contributed by atoms with van der Waals surface area (Å²) in [6, 6.07) is 6.02. The van der Waals surface area contributed by atoms with Crippen molar-refractivity contribution in [2.75, 3.05) is 0 Å². The first-order valence-electron chi connectivity index (χ1n) is 5.47. The van der Waals surface area contributed by atoms with Crippen molar-refractivity contribution in [3.63, 3.8) is 0 Å². The summed E-state index contributed by atoms with van der Waals surface area (Å²) in [7, 11) is 0. The fourth-order valence-corrected chi connectivity index (χ4v) is 1.70. The molecular formula is C13H13FN2O. The molecule has 1 heterocycles. The third-order valence-corrected chi connectivity index (χ3v) is 2.69. The van der Waals surface area contributed by atoms with Crippen LogP contribution in [0, 0.1) is 12.7 Å². The van der Waals surface area contributed by atoms with Crippen LogP contribution in [0.25, 0.3) is 11.4 Å². The minimum absolute atomic E-state index is 0.170. The molecule has 0 aliphatic heterocycles. The zero-order valence-electron chi connectivity index (χ0n) is 9.75. The van der Waals surface area contributed by atoms with E-state index in [0.29, 0.717) is 23.4 Å². The second kappa shape index (κ2) is 4.49. The van der Waals surface area contributed by atoms with E-state index < -0.39 is 0 Å². The van der Waals surface area contributed by atoms with E-state index in [1.54, 1.807) is 19.1 Å². The highest BCUT2D eigenvalue weighted by molar-refractivity contribution is 5.54. The lowest BCUT2D eigenvalue weighted by molar-refractivity contribution is 0.628. The van der Waals surface area contributed by atoms with Gasteiger partial charge >= 0.3 is 0 Å². The molecule has 0 aliphatic carbocycles. The molecule has 0 fully saturated rings. The Kier molecular flexibility index (Phi) is 3.04. The lowest BCUT2D eigenvalue weighted by Gasteiger charge is -2.05. The predicted molar refractivity (Wildman–Crippen MR) is 64.4 cm³/mol. The molecule has 0 saturated heterocycles. The van der Waals surface area contributed by atoms with E-state index in [2.05, 4.69) is 9.97 Å². The molecule has 2 aromatic rings. The first-order valence-corrected chi connectivity index (χ1v) is 5.47. The molecule has 0 aliphatic rings. The Morgan fingerprint density at radius 3 is 2.82 bits per heavy atom. The predicted octanol–water partition coefficient (Wildman–Crippen LogP) is 2.45. The lowest BCUT2D eigenvalue weighted by Crippen LogP contribution is -2.15. The summed E-state index contributed by atoms with van der Waals surface area (Å²) < 4.78 is 13.1. The fourth-order valence-electron chi connectivity index (χ4n) is 1.70. The number of hydrogen-bond acceptors (Lipinski definition) is 2. The average Bonchev–Trinajstić information content (AvgIpc) is 2.32. The fraction of sp³-hybridized carbons (Fsp3) is 0.231. The Bertz CT molecular complexity index is 605. The molecule has 1 aromatic heterocycles. The normalized spacial score (nSPS) is 10.5. The minimum atomic E-state index is -0.344. The molecule has 0 radical (unpaired) electrons. The molecule has 0 atom stereocenters. The van der Waals surface area contributed by atoms with Crippen LogP contribution in [-0.4, -0.2) is 9.97 Å². The second-order valence-electron chi connectivity index (χ2n) is 3.85. The molecule has 2 rings (SSSR count). The van der Waals surface area contributed by atoms with E-state index >= 15 is 0 Å². The molecule has 1 N–H and O–H groups in total. The Morgan fingerprint density at radius 1 is 1.41 bits per heavy atom. The summed E-state index contributed by atoms with van der Waals surface area (Å²) in [5.41, 5.74) is 1.77. The van der Waals surface area contributed by atoms with Crippen molar-refractivity contribution in [2.24, 2.45) is 0 Å². The molecule has 4 heteroatoms. The first kappa shape index (κ1) is 11.5. The highest BCUT2D eigenvalue weighted by Crippen LogP contribution is 2.15. The van der Waals surface area contributed by atoms with Crippen molar-refractivity contribution >= 4 is 0 Å². The number of benzene rings is 1. The van der Waals surface area contributed by atoms with Gasteiger partial charge in [-0.05, 0) is 25.5 Å². The monoisotopic (exact) mass is 232 g/mol. The largest absolute Gasteiger partial charge is 0.306 e. The van der Waals surface area contributed by atoms with Crippen LogP contribution in [0.2, 0.25) is 0 Å². The summed E-state index contributed by atoms with van der Waals surface area (Å²) in [6.07, 6.45) is 0.679. The van der Waals surface area contributed by atoms with Gasteiger partial charge in [0.05, 0.1) is 5.69 Å². The molecule has 0 saturated carbocycles. The van der Waals surface area contributed by atoms with Gasteiger partial charge in [-0.3, -0.25) is 4.79 Å². The quantitative estimate of drug-likeness (QED) is 0.864. The summed E-state index contributed by atoms with van der Waals surface area (Å²) in [6.45, 7) is 3.67. The smallest absolute Gasteiger partial charge is 0.254 e. The first-order chi connectivity index (χ1) is 8.11. The third kappa shape index (κ3) is 2.25. The maximum absolute atomic E-state index is 13.1. The molecule has 17 heavy (non-hydrogen) atoms. The van der Waals surface area contributed by atoms with Crippen molar-refractivity contribution in [2.45, 2.75) is 20.3 Å². The van der Waals surface area contributed by atoms with Crippen LogP contribution in [-0.2, 0) is 6.42 Å². The van der Waals surface area contributed by atoms with E-state index in [9.17, 15) is 9.18 Å². The van der Waals surface area contributed by atoms with Gasteiger partial charge in [-0.1, -0.05) is 19.1 Å². The Morgan fingerprint density at radius 2 is 2.18 bits per heavy atom. The van der Waals surface area contributed by atoms with Crippen molar-refractivity contribution in [1.29, 1.82) is 0 Å². The summed E-state index contributed by atoms with van der Waals surface area (Å²) in [4.78, 5) is 18.7. The minimum Gasteiger partial charge on any atom is -0.306 e. The van der Waals surface area contributed by atoms with Gasteiger partial charge in [0.25, 0.3) is 5.56 Å². The maximum Gasteiger partial charge on any atom is 0.254 e. The number of aromatic nitrogens is 2. The number of nitrogens with zero attached hydrogens (tertiary/aromatic N) is 1. The topological polar surface area (TPSA) is 45.8 Å². The summed E-state index contributed by atoms with van der Waals surface area (Å²) >= 11 is 0. The van der Waals surface area contributed by atoms with Crippen molar-refractivity contribution in [1.82, 2.24) is 9.97 Å². The number of rotatable bonds is 2. The van der Waals surface area contributed by atoms with Gasteiger partial charge in [-0.15, -0.1) is 0 Å². The number of nitrogens with one attached hydrogen (secondary N) is 1. The van der Waals surface area contributed by atoms with E-state index in [0.717, 1.165) is 5.69 Å². The van der Waals surface area contributed by atoms with Crippen LogP contribution >= 0.6 is 0 Å². The molecule has 0 amide bonds. The highest BCUT2D eigenvalue weighted by Gasteiger charge is 2.07. The van der Waals surface area contributed by atoms with Gasteiger partial charge in [-0.25, -0.2) is 9.37 Å². The van der Waals surface area contributed by atoms with Crippen LogP contribution in [0.1, 0.15) is 18.2 Å². The molecule has 0 unspecified atom stereocenters. The zero-order valence-corrected chi connectivity index (χ0v) is 9.75. The van der Waals surface area contributed by atoms with Gasteiger partial charge < -0.3 is 4.98 Å². The number of aromatic amines is 1. The zero-order chi connectivity index (χ0) is 12.4. The maximum atomic E-state index is 13.1. The van der Waals surface area contributed by atoms with Gasteiger partial charge in [0, 0.05) is 11.1 Å². The lowest BCUT2D eigenvalue weighted by atomic mass is 10.1. The third-order valence-electron chi connectivity index (χ3n) is 2.69. The van der Waals surface area contributed by atoms with E-state index in [1.807, 2.05) is 6.92 Å². The summed E-state index contributed by atoms with van der Waals surface area (Å²) in [5.74, 6) is 0.0701. The molecule has 3 nitrogen and oxygen atoms in total. The van der Waals surface area contributed by atoms with E-state index in [1.165, 1.54) is 12.1 Å². The van der Waals surface area contributed by atoms with Gasteiger partial charge in [0.15, 0.2) is 0 Å². The molecule has 88 valence electrons. The number of hydrogen-bond donors (Lipinski definition) is 1. The Balaban J connectivity index is 2.61. The molecule has 1 aromatic carbocycles. The molecule has 0 spiro atoms. The standard InChI is InChI=1S/C13H13FN2O/c1-3-11-8(2)13(17)16-12(15-11)9-5-4-6-10(14)7-9/h4-7H,3H2,1-2H3,(H,15,16,17). The van der Waals surface area contributed by atoms with Crippen LogP contribution in [0.15, 0.2) is 29.1 Å². The van der Waals surface area contributed by atoms with E-state index in [4.69, 9.17) is 0 Å². The average molecular weight is 232 g/mol.